The summed E-state index contributed by atoms with van der Waals surface area (Å²) in [6, 6.07) is 11.9. The van der Waals surface area contributed by atoms with Crippen molar-refractivity contribution in [1.82, 2.24) is 5.32 Å². The normalized spacial score (nSPS) is 12.7. The molecule has 1 heterocycles. The third-order valence-electron chi connectivity index (χ3n) is 3.56. The maximum atomic E-state index is 11.5. The lowest BCUT2D eigenvalue weighted by Crippen LogP contribution is -2.15. The van der Waals surface area contributed by atoms with Gasteiger partial charge in [-0.25, -0.2) is 4.79 Å². The van der Waals surface area contributed by atoms with Gasteiger partial charge in [0.1, 0.15) is 0 Å². The van der Waals surface area contributed by atoms with E-state index < -0.39 is 5.97 Å². The van der Waals surface area contributed by atoms with Crippen LogP contribution in [-0.4, -0.2) is 11.1 Å². The summed E-state index contributed by atoms with van der Waals surface area (Å²) in [6.07, 6.45) is 3.77. The number of carboxylic acids is 1. The number of benzene rings is 2. The number of carbonyl (C=O) groups is 1. The summed E-state index contributed by atoms with van der Waals surface area (Å²) in [5.74, 6) is -0.882. The van der Waals surface area contributed by atoms with Crippen LogP contribution in [0, 0.1) is 6.92 Å². The Labute approximate surface area is 117 Å². The molecule has 0 amide bonds. The molecule has 20 heavy (non-hydrogen) atoms. The lowest BCUT2D eigenvalue weighted by atomic mass is 9.92. The number of hydrogen-bond donors (Lipinski definition) is 2. The average Bonchev–Trinajstić information content (AvgIpc) is 2.46. The second kappa shape index (κ2) is 4.85. The van der Waals surface area contributed by atoms with Crippen LogP contribution >= 0.6 is 0 Å². The van der Waals surface area contributed by atoms with Gasteiger partial charge in [-0.2, -0.15) is 0 Å². The highest BCUT2D eigenvalue weighted by Gasteiger charge is 2.16. The predicted molar refractivity (Wildman–Crippen MR) is 79.4 cm³/mol. The van der Waals surface area contributed by atoms with Crippen LogP contribution < -0.4 is 5.32 Å². The molecule has 0 aromatic heterocycles. The van der Waals surface area contributed by atoms with Crippen molar-refractivity contribution in [2.24, 2.45) is 0 Å². The molecule has 0 unspecified atom stereocenters. The van der Waals surface area contributed by atoms with E-state index in [9.17, 15) is 9.90 Å². The molecule has 3 rings (SSSR count). The van der Waals surface area contributed by atoms with E-state index in [1.807, 2.05) is 49.5 Å². The van der Waals surface area contributed by atoms with Crippen LogP contribution in [0.25, 0.3) is 17.2 Å². The Kier molecular flexibility index (Phi) is 3.03. The molecule has 2 aromatic carbocycles. The second-order valence-corrected chi connectivity index (χ2v) is 4.98. The van der Waals surface area contributed by atoms with Crippen LogP contribution in [0.1, 0.15) is 27.0 Å². The van der Waals surface area contributed by atoms with E-state index >= 15 is 0 Å². The maximum absolute atomic E-state index is 11.5. The van der Waals surface area contributed by atoms with Crippen molar-refractivity contribution in [1.29, 1.82) is 0 Å². The molecule has 3 nitrogen and oxygen atoms in total. The highest BCUT2D eigenvalue weighted by atomic mass is 16.4. The first kappa shape index (κ1) is 12.5. The zero-order valence-corrected chi connectivity index (χ0v) is 11.2. The van der Waals surface area contributed by atoms with E-state index in [4.69, 9.17) is 0 Å². The minimum Gasteiger partial charge on any atom is -0.478 e. The fourth-order valence-electron chi connectivity index (χ4n) is 2.45. The molecular weight excluding hydrogens is 250 g/mol. The van der Waals surface area contributed by atoms with Gasteiger partial charge in [-0.3, -0.25) is 0 Å². The largest absolute Gasteiger partial charge is 0.478 e. The first-order chi connectivity index (χ1) is 9.65. The Balaban J connectivity index is 2.18. The van der Waals surface area contributed by atoms with E-state index in [0.29, 0.717) is 12.1 Å². The molecule has 100 valence electrons. The molecule has 3 heteroatoms. The molecule has 0 atom stereocenters. The monoisotopic (exact) mass is 265 g/mol. The van der Waals surface area contributed by atoms with Crippen molar-refractivity contribution in [3.05, 3.63) is 64.9 Å². The average molecular weight is 265 g/mol. The zero-order valence-electron chi connectivity index (χ0n) is 11.2. The lowest BCUT2D eigenvalue weighted by molar-refractivity contribution is 0.0695. The van der Waals surface area contributed by atoms with Gasteiger partial charge in [0.2, 0.25) is 0 Å². The second-order valence-electron chi connectivity index (χ2n) is 4.98. The highest BCUT2D eigenvalue weighted by molar-refractivity contribution is 5.93. The summed E-state index contributed by atoms with van der Waals surface area (Å²) in [4.78, 5) is 11.5. The highest BCUT2D eigenvalue weighted by Crippen LogP contribution is 2.28. The Morgan fingerprint density at radius 1 is 1.15 bits per heavy atom. The van der Waals surface area contributed by atoms with Crippen LogP contribution in [0.5, 0.6) is 0 Å². The van der Waals surface area contributed by atoms with Gasteiger partial charge >= 0.3 is 5.97 Å². The quantitative estimate of drug-likeness (QED) is 0.874. The summed E-state index contributed by atoms with van der Waals surface area (Å²) in [5.41, 5.74) is 5.35. The molecule has 0 spiro atoms. The van der Waals surface area contributed by atoms with Crippen LogP contribution in [0.2, 0.25) is 0 Å². The van der Waals surface area contributed by atoms with Crippen LogP contribution in [-0.2, 0) is 6.54 Å². The number of carboxylic acid groups (broad SMARTS) is 1. The van der Waals surface area contributed by atoms with E-state index in [1.54, 1.807) is 6.07 Å². The molecule has 0 saturated heterocycles. The van der Waals surface area contributed by atoms with Gasteiger partial charge in [-0.05, 0) is 53.6 Å². The van der Waals surface area contributed by atoms with Crippen molar-refractivity contribution in [3.8, 4) is 11.1 Å². The van der Waals surface area contributed by atoms with E-state index in [0.717, 1.165) is 22.3 Å². The topological polar surface area (TPSA) is 49.3 Å². The van der Waals surface area contributed by atoms with Gasteiger partial charge in [0, 0.05) is 6.54 Å². The standard InChI is InChI=1S/C17H15NO2/c1-11-2-4-12(5-3-11)14-8-13-6-7-18-10-16(13)15(9-14)17(19)20/h2-9,18H,10H2,1H3,(H,19,20). The van der Waals surface area contributed by atoms with Gasteiger partial charge in [0.05, 0.1) is 5.56 Å². The summed E-state index contributed by atoms with van der Waals surface area (Å²) in [7, 11) is 0. The zero-order chi connectivity index (χ0) is 14.1. The number of hydrogen-bond acceptors (Lipinski definition) is 2. The fourth-order valence-corrected chi connectivity index (χ4v) is 2.45. The van der Waals surface area contributed by atoms with E-state index in [-0.39, 0.29) is 0 Å². The molecular formula is C17H15NO2. The molecule has 1 aliphatic heterocycles. The van der Waals surface area contributed by atoms with Crippen molar-refractivity contribution in [2.75, 3.05) is 0 Å². The summed E-state index contributed by atoms with van der Waals surface area (Å²) >= 11 is 0. The number of rotatable bonds is 2. The molecule has 0 saturated carbocycles. The summed E-state index contributed by atoms with van der Waals surface area (Å²) < 4.78 is 0. The first-order valence-corrected chi connectivity index (χ1v) is 6.52. The van der Waals surface area contributed by atoms with Gasteiger partial charge in [0.25, 0.3) is 0 Å². The Morgan fingerprint density at radius 2 is 1.90 bits per heavy atom. The van der Waals surface area contributed by atoms with E-state index in [2.05, 4.69) is 5.32 Å². The fraction of sp³-hybridized carbons (Fsp3) is 0.118. The number of aromatic carboxylic acids is 1. The summed E-state index contributed by atoms with van der Waals surface area (Å²) in [5, 5.41) is 12.5. The van der Waals surface area contributed by atoms with E-state index in [1.165, 1.54) is 5.56 Å². The SMILES string of the molecule is Cc1ccc(-c2cc3c(c(C(=O)O)c2)CNC=C3)cc1. The number of fused-ring (bicyclic) bond motifs is 1. The number of nitrogens with one attached hydrogen (secondary N) is 1. The minimum atomic E-state index is -0.882. The van der Waals surface area contributed by atoms with Crippen molar-refractivity contribution < 1.29 is 9.90 Å². The van der Waals surface area contributed by atoms with Gasteiger partial charge in [0.15, 0.2) is 0 Å². The molecule has 0 aliphatic carbocycles. The summed E-state index contributed by atoms with van der Waals surface area (Å²) in [6.45, 7) is 2.59. The van der Waals surface area contributed by atoms with Crippen molar-refractivity contribution >= 4 is 12.0 Å². The lowest BCUT2D eigenvalue weighted by Gasteiger charge is -2.17. The third-order valence-corrected chi connectivity index (χ3v) is 3.56. The van der Waals surface area contributed by atoms with Gasteiger partial charge in [-0.1, -0.05) is 29.8 Å². The van der Waals surface area contributed by atoms with Crippen LogP contribution in [0.4, 0.5) is 0 Å². The Morgan fingerprint density at radius 3 is 2.60 bits per heavy atom. The van der Waals surface area contributed by atoms with Crippen LogP contribution in [0.3, 0.4) is 0 Å². The Bertz CT molecular complexity index is 700. The molecule has 2 N–H and O–H groups in total. The van der Waals surface area contributed by atoms with Crippen molar-refractivity contribution in [3.63, 3.8) is 0 Å². The molecule has 0 fully saturated rings. The van der Waals surface area contributed by atoms with Crippen molar-refractivity contribution in [2.45, 2.75) is 13.5 Å². The minimum absolute atomic E-state index is 0.370. The third kappa shape index (κ3) is 2.18. The maximum Gasteiger partial charge on any atom is 0.336 e. The molecule has 0 radical (unpaired) electrons. The van der Waals surface area contributed by atoms with Crippen LogP contribution in [0.15, 0.2) is 42.6 Å². The first-order valence-electron chi connectivity index (χ1n) is 6.52. The molecule has 0 bridgehead atoms. The molecule has 2 aromatic rings. The van der Waals surface area contributed by atoms with Gasteiger partial charge in [-0.15, -0.1) is 0 Å². The smallest absolute Gasteiger partial charge is 0.336 e. The molecule has 1 aliphatic rings. The predicted octanol–water partition coefficient (Wildman–Crippen LogP) is 3.43. The van der Waals surface area contributed by atoms with Gasteiger partial charge < -0.3 is 10.4 Å². The Hall–Kier alpha value is -2.55. The number of aryl methyl sites for hydroxylation is 1.